The van der Waals surface area contributed by atoms with Crippen LogP contribution in [-0.2, 0) is 0 Å². The SMILES string of the molecule is CCN1CCC(c2ccc(NC)cc2Cl)CC1. The minimum Gasteiger partial charge on any atom is -0.388 e. The Morgan fingerprint density at radius 1 is 1.35 bits per heavy atom. The summed E-state index contributed by atoms with van der Waals surface area (Å²) in [5, 5.41) is 4.03. The van der Waals surface area contributed by atoms with Gasteiger partial charge in [0.15, 0.2) is 0 Å². The van der Waals surface area contributed by atoms with E-state index in [1.807, 2.05) is 13.1 Å². The molecule has 1 aliphatic heterocycles. The summed E-state index contributed by atoms with van der Waals surface area (Å²) < 4.78 is 0. The summed E-state index contributed by atoms with van der Waals surface area (Å²) in [6, 6.07) is 6.33. The van der Waals surface area contributed by atoms with E-state index in [9.17, 15) is 0 Å². The first-order valence-electron chi connectivity index (χ1n) is 6.44. The Bertz CT molecular complexity index is 370. The lowest BCUT2D eigenvalue weighted by Crippen LogP contribution is -2.32. The summed E-state index contributed by atoms with van der Waals surface area (Å²) in [6.07, 6.45) is 2.46. The van der Waals surface area contributed by atoms with E-state index in [-0.39, 0.29) is 0 Å². The van der Waals surface area contributed by atoms with Gasteiger partial charge in [0.05, 0.1) is 0 Å². The zero-order chi connectivity index (χ0) is 12.3. The smallest absolute Gasteiger partial charge is 0.0461 e. The van der Waals surface area contributed by atoms with Gasteiger partial charge in [-0.2, -0.15) is 0 Å². The summed E-state index contributed by atoms with van der Waals surface area (Å²) in [4.78, 5) is 2.51. The molecule has 2 nitrogen and oxygen atoms in total. The average Bonchev–Trinajstić information content (AvgIpc) is 2.39. The van der Waals surface area contributed by atoms with Gasteiger partial charge in [-0.3, -0.25) is 0 Å². The maximum absolute atomic E-state index is 6.36. The molecule has 1 fully saturated rings. The van der Waals surface area contributed by atoms with Crippen molar-refractivity contribution in [2.24, 2.45) is 0 Å². The van der Waals surface area contributed by atoms with Gasteiger partial charge in [0.1, 0.15) is 0 Å². The Labute approximate surface area is 109 Å². The standard InChI is InChI=1S/C14H21ClN2/c1-3-17-8-6-11(7-9-17)13-5-4-12(16-2)10-14(13)15/h4-5,10-11,16H,3,6-9H2,1-2H3. The van der Waals surface area contributed by atoms with Gasteiger partial charge in [0.2, 0.25) is 0 Å². The van der Waals surface area contributed by atoms with E-state index in [2.05, 4.69) is 29.3 Å². The van der Waals surface area contributed by atoms with E-state index in [4.69, 9.17) is 11.6 Å². The molecule has 0 radical (unpaired) electrons. The molecule has 0 spiro atoms. The van der Waals surface area contributed by atoms with Crippen molar-refractivity contribution in [1.29, 1.82) is 0 Å². The third kappa shape index (κ3) is 2.93. The molecule has 0 amide bonds. The molecule has 0 bridgehead atoms. The molecule has 0 aliphatic carbocycles. The lowest BCUT2D eigenvalue weighted by molar-refractivity contribution is 0.222. The molecule has 0 saturated carbocycles. The Morgan fingerprint density at radius 2 is 2.06 bits per heavy atom. The number of nitrogens with one attached hydrogen (secondary N) is 1. The Balaban J connectivity index is 2.08. The summed E-state index contributed by atoms with van der Waals surface area (Å²) >= 11 is 6.36. The minimum absolute atomic E-state index is 0.635. The molecule has 0 aromatic heterocycles. The number of hydrogen-bond acceptors (Lipinski definition) is 2. The zero-order valence-electron chi connectivity index (χ0n) is 10.7. The largest absolute Gasteiger partial charge is 0.388 e. The summed E-state index contributed by atoms with van der Waals surface area (Å²) in [6.45, 7) is 5.80. The molecule has 1 aromatic carbocycles. The third-order valence-corrected chi connectivity index (χ3v) is 4.09. The van der Waals surface area contributed by atoms with Gasteiger partial charge in [-0.15, -0.1) is 0 Å². The number of piperidine rings is 1. The number of likely N-dealkylation sites (tertiary alicyclic amines) is 1. The van der Waals surface area contributed by atoms with Crippen LogP contribution in [0.3, 0.4) is 0 Å². The van der Waals surface area contributed by atoms with Gasteiger partial charge < -0.3 is 10.2 Å². The summed E-state index contributed by atoms with van der Waals surface area (Å²) in [5.74, 6) is 0.635. The van der Waals surface area contributed by atoms with Crippen LogP contribution in [0.5, 0.6) is 0 Å². The summed E-state index contributed by atoms with van der Waals surface area (Å²) in [5.41, 5.74) is 2.41. The fourth-order valence-electron chi connectivity index (χ4n) is 2.57. The first kappa shape index (κ1) is 12.7. The molecule has 1 saturated heterocycles. The molecule has 2 rings (SSSR count). The predicted octanol–water partition coefficient (Wildman–Crippen LogP) is 3.58. The summed E-state index contributed by atoms with van der Waals surface area (Å²) in [7, 11) is 1.92. The van der Waals surface area contributed by atoms with Crippen LogP contribution in [0.25, 0.3) is 0 Å². The molecule has 1 aliphatic rings. The van der Waals surface area contributed by atoms with E-state index in [1.54, 1.807) is 0 Å². The second kappa shape index (κ2) is 5.74. The van der Waals surface area contributed by atoms with Crippen molar-refractivity contribution >= 4 is 17.3 Å². The number of benzene rings is 1. The molecule has 0 atom stereocenters. The van der Waals surface area contributed by atoms with E-state index >= 15 is 0 Å². The first-order chi connectivity index (χ1) is 8.24. The molecule has 3 heteroatoms. The van der Waals surface area contributed by atoms with Gasteiger partial charge in [-0.25, -0.2) is 0 Å². The van der Waals surface area contributed by atoms with Gasteiger partial charge in [0, 0.05) is 17.8 Å². The second-order valence-corrected chi connectivity index (χ2v) is 5.10. The van der Waals surface area contributed by atoms with Crippen molar-refractivity contribution in [3.8, 4) is 0 Å². The number of nitrogens with zero attached hydrogens (tertiary/aromatic N) is 1. The number of anilines is 1. The molecule has 94 valence electrons. The van der Waals surface area contributed by atoms with Crippen LogP contribution in [0.2, 0.25) is 5.02 Å². The fourth-order valence-corrected chi connectivity index (χ4v) is 2.91. The topological polar surface area (TPSA) is 15.3 Å². The Hall–Kier alpha value is -0.730. The third-order valence-electron chi connectivity index (χ3n) is 3.76. The van der Waals surface area contributed by atoms with Crippen LogP contribution >= 0.6 is 11.6 Å². The highest BCUT2D eigenvalue weighted by molar-refractivity contribution is 6.31. The van der Waals surface area contributed by atoms with E-state index in [0.29, 0.717) is 5.92 Å². The highest BCUT2D eigenvalue weighted by atomic mass is 35.5. The Morgan fingerprint density at radius 3 is 2.59 bits per heavy atom. The minimum atomic E-state index is 0.635. The number of halogens is 1. The van der Waals surface area contributed by atoms with Crippen LogP contribution in [0.1, 0.15) is 31.2 Å². The van der Waals surface area contributed by atoms with Crippen LogP contribution < -0.4 is 5.32 Å². The quantitative estimate of drug-likeness (QED) is 0.885. The van der Waals surface area contributed by atoms with Crippen molar-refractivity contribution in [3.63, 3.8) is 0 Å². The van der Waals surface area contributed by atoms with Crippen molar-refractivity contribution < 1.29 is 0 Å². The van der Waals surface area contributed by atoms with Crippen molar-refractivity contribution in [1.82, 2.24) is 4.90 Å². The van der Waals surface area contributed by atoms with Crippen molar-refractivity contribution in [2.75, 3.05) is 32.0 Å². The van der Waals surface area contributed by atoms with E-state index in [1.165, 1.54) is 38.0 Å². The lowest BCUT2D eigenvalue weighted by Gasteiger charge is -2.31. The predicted molar refractivity (Wildman–Crippen MR) is 75.1 cm³/mol. The van der Waals surface area contributed by atoms with E-state index in [0.717, 1.165) is 10.7 Å². The second-order valence-electron chi connectivity index (χ2n) is 4.69. The molecular weight excluding hydrogens is 232 g/mol. The van der Waals surface area contributed by atoms with Gasteiger partial charge in [-0.1, -0.05) is 24.6 Å². The maximum atomic E-state index is 6.36. The van der Waals surface area contributed by atoms with Crippen molar-refractivity contribution in [2.45, 2.75) is 25.7 Å². The van der Waals surface area contributed by atoms with Crippen LogP contribution in [0.15, 0.2) is 18.2 Å². The number of rotatable bonds is 3. The van der Waals surface area contributed by atoms with Crippen LogP contribution in [0.4, 0.5) is 5.69 Å². The fraction of sp³-hybridized carbons (Fsp3) is 0.571. The zero-order valence-corrected chi connectivity index (χ0v) is 11.4. The highest BCUT2D eigenvalue weighted by Gasteiger charge is 2.21. The molecule has 1 aromatic rings. The monoisotopic (exact) mass is 252 g/mol. The number of hydrogen-bond donors (Lipinski definition) is 1. The highest BCUT2D eigenvalue weighted by Crippen LogP contribution is 2.34. The maximum Gasteiger partial charge on any atom is 0.0461 e. The molecular formula is C14H21ClN2. The molecule has 1 N–H and O–H groups in total. The van der Waals surface area contributed by atoms with Crippen LogP contribution in [-0.4, -0.2) is 31.6 Å². The van der Waals surface area contributed by atoms with Crippen molar-refractivity contribution in [3.05, 3.63) is 28.8 Å². The van der Waals surface area contributed by atoms with E-state index < -0.39 is 0 Å². The normalized spacial score (nSPS) is 18.3. The van der Waals surface area contributed by atoms with Gasteiger partial charge in [-0.05, 0) is 56.1 Å². The molecule has 17 heavy (non-hydrogen) atoms. The molecule has 0 unspecified atom stereocenters. The average molecular weight is 253 g/mol. The Kier molecular flexibility index (Phi) is 4.30. The lowest BCUT2D eigenvalue weighted by atomic mass is 9.89. The van der Waals surface area contributed by atoms with Gasteiger partial charge >= 0.3 is 0 Å². The van der Waals surface area contributed by atoms with Crippen LogP contribution in [0, 0.1) is 0 Å². The molecule has 1 heterocycles. The first-order valence-corrected chi connectivity index (χ1v) is 6.82. The van der Waals surface area contributed by atoms with Gasteiger partial charge in [0.25, 0.3) is 0 Å².